The molecule has 0 aromatic carbocycles. The van der Waals surface area contributed by atoms with Crippen LogP contribution in [0.25, 0.3) is 0 Å². The van der Waals surface area contributed by atoms with Gasteiger partial charge in [-0.25, -0.2) is 0 Å². The third-order valence-electron chi connectivity index (χ3n) is 2.38. The predicted octanol–water partition coefficient (Wildman–Crippen LogP) is 2.26. The normalized spacial score (nSPS) is 11.6. The van der Waals surface area contributed by atoms with E-state index in [-0.39, 0.29) is 11.6 Å². The van der Waals surface area contributed by atoms with Gasteiger partial charge in [0, 0.05) is 17.3 Å². The van der Waals surface area contributed by atoms with Gasteiger partial charge in [-0.05, 0) is 33.1 Å². The smallest absolute Gasteiger partial charge is 0.269 e. The zero-order valence-corrected chi connectivity index (χ0v) is 9.72. The van der Waals surface area contributed by atoms with Gasteiger partial charge in [0.25, 0.3) is 5.56 Å². The molecular weight excluding hydrogens is 176 g/mol. The van der Waals surface area contributed by atoms with Crippen molar-refractivity contribution in [3.05, 3.63) is 21.6 Å². The van der Waals surface area contributed by atoms with Gasteiger partial charge in [-0.15, -0.1) is 0 Å². The highest BCUT2D eigenvalue weighted by molar-refractivity contribution is 5.15. The quantitative estimate of drug-likeness (QED) is 0.791. The van der Waals surface area contributed by atoms with Gasteiger partial charge < -0.3 is 0 Å². The molecule has 80 valence electrons. The molecule has 1 rings (SSSR count). The van der Waals surface area contributed by atoms with Crippen LogP contribution in [0.5, 0.6) is 0 Å². The van der Waals surface area contributed by atoms with Crippen LogP contribution in [0.3, 0.4) is 0 Å². The highest BCUT2D eigenvalue weighted by atomic mass is 16.1. The summed E-state index contributed by atoms with van der Waals surface area (Å²) >= 11 is 0. The van der Waals surface area contributed by atoms with E-state index in [9.17, 15) is 4.79 Å². The predicted molar refractivity (Wildman–Crippen MR) is 58.7 cm³/mol. The minimum atomic E-state index is 0.121. The molecule has 3 heteroatoms. The molecule has 0 spiro atoms. The Balaban J connectivity index is 3.09. The van der Waals surface area contributed by atoms with Crippen molar-refractivity contribution in [2.24, 2.45) is 5.92 Å². The molecule has 14 heavy (non-hydrogen) atoms. The molecule has 0 aliphatic rings. The maximum absolute atomic E-state index is 11.7. The van der Waals surface area contributed by atoms with E-state index in [1.54, 1.807) is 4.68 Å². The van der Waals surface area contributed by atoms with Crippen molar-refractivity contribution in [3.63, 3.8) is 0 Å². The molecule has 0 unspecified atom stereocenters. The van der Waals surface area contributed by atoms with E-state index in [1.165, 1.54) is 0 Å². The van der Waals surface area contributed by atoms with Gasteiger partial charge in [-0.3, -0.25) is 14.6 Å². The number of nitrogens with one attached hydrogen (secondary N) is 1. The van der Waals surface area contributed by atoms with Crippen LogP contribution in [0.4, 0.5) is 0 Å². The molecule has 0 aliphatic carbocycles. The van der Waals surface area contributed by atoms with Crippen molar-refractivity contribution in [3.8, 4) is 0 Å². The average Bonchev–Trinajstić information content (AvgIpc) is 2.32. The molecule has 3 nitrogen and oxygen atoms in total. The summed E-state index contributed by atoms with van der Waals surface area (Å²) in [5.41, 5.74) is 2.07. The maximum atomic E-state index is 11.7. The SMILES string of the molecule is Cc1c(CC(C)C)[nH]n(C(C)C)c1=O. The summed E-state index contributed by atoms with van der Waals surface area (Å²) in [6.45, 7) is 10.2. The number of aromatic amines is 1. The lowest BCUT2D eigenvalue weighted by atomic mass is 10.1. The third kappa shape index (κ3) is 2.08. The highest BCUT2D eigenvalue weighted by Gasteiger charge is 2.12. The summed E-state index contributed by atoms with van der Waals surface area (Å²) < 4.78 is 1.70. The van der Waals surface area contributed by atoms with Crippen LogP contribution in [-0.2, 0) is 6.42 Å². The molecule has 0 amide bonds. The Morgan fingerprint density at radius 2 is 1.86 bits per heavy atom. The van der Waals surface area contributed by atoms with Gasteiger partial charge in [0.15, 0.2) is 0 Å². The fraction of sp³-hybridized carbons (Fsp3) is 0.727. The summed E-state index contributed by atoms with van der Waals surface area (Å²) in [6.07, 6.45) is 0.945. The van der Waals surface area contributed by atoms with E-state index < -0.39 is 0 Å². The molecule has 0 fully saturated rings. The number of rotatable bonds is 3. The molecule has 0 saturated heterocycles. The molecule has 1 aromatic rings. The average molecular weight is 196 g/mol. The molecule has 1 aromatic heterocycles. The number of nitrogens with zero attached hydrogens (tertiary/aromatic N) is 1. The Bertz CT molecular complexity index is 358. The van der Waals surface area contributed by atoms with Gasteiger partial charge in [0.1, 0.15) is 0 Å². The van der Waals surface area contributed by atoms with E-state index in [0.29, 0.717) is 5.92 Å². The molecular formula is C11H20N2O. The maximum Gasteiger partial charge on any atom is 0.269 e. The Morgan fingerprint density at radius 1 is 1.29 bits per heavy atom. The minimum Gasteiger partial charge on any atom is -0.299 e. The van der Waals surface area contributed by atoms with Crippen molar-refractivity contribution in [1.29, 1.82) is 0 Å². The molecule has 0 aliphatic heterocycles. The van der Waals surface area contributed by atoms with Crippen LogP contribution < -0.4 is 5.56 Å². The second-order valence-electron chi connectivity index (χ2n) is 4.58. The highest BCUT2D eigenvalue weighted by Crippen LogP contribution is 2.09. The minimum absolute atomic E-state index is 0.121. The zero-order valence-electron chi connectivity index (χ0n) is 9.72. The summed E-state index contributed by atoms with van der Waals surface area (Å²) in [6, 6.07) is 0.210. The molecule has 1 N–H and O–H groups in total. The van der Waals surface area contributed by atoms with Gasteiger partial charge in [-0.1, -0.05) is 13.8 Å². The van der Waals surface area contributed by atoms with E-state index in [2.05, 4.69) is 18.9 Å². The van der Waals surface area contributed by atoms with Gasteiger partial charge in [0.05, 0.1) is 0 Å². The largest absolute Gasteiger partial charge is 0.299 e. The van der Waals surface area contributed by atoms with E-state index >= 15 is 0 Å². The monoisotopic (exact) mass is 196 g/mol. The number of hydrogen-bond donors (Lipinski definition) is 1. The third-order valence-corrected chi connectivity index (χ3v) is 2.38. The summed E-state index contributed by atoms with van der Waals surface area (Å²) in [5, 5.41) is 3.18. The second-order valence-corrected chi connectivity index (χ2v) is 4.58. The number of aromatic nitrogens is 2. The first-order valence-electron chi connectivity index (χ1n) is 5.23. The van der Waals surface area contributed by atoms with Gasteiger partial charge in [0.2, 0.25) is 0 Å². The van der Waals surface area contributed by atoms with E-state index in [1.807, 2.05) is 20.8 Å². The van der Waals surface area contributed by atoms with Crippen LogP contribution in [0, 0.1) is 12.8 Å². The lowest BCUT2D eigenvalue weighted by molar-refractivity contribution is 0.505. The van der Waals surface area contributed by atoms with Crippen molar-refractivity contribution >= 4 is 0 Å². The Kier molecular flexibility index (Phi) is 3.19. The molecule has 0 radical (unpaired) electrons. The molecule has 0 saturated carbocycles. The van der Waals surface area contributed by atoms with Crippen molar-refractivity contribution in [2.45, 2.75) is 47.1 Å². The summed E-state index contributed by atoms with van der Waals surface area (Å²) in [5.74, 6) is 0.576. The summed E-state index contributed by atoms with van der Waals surface area (Å²) in [7, 11) is 0. The first-order chi connectivity index (χ1) is 6.43. The topological polar surface area (TPSA) is 37.8 Å². The Morgan fingerprint density at radius 3 is 2.21 bits per heavy atom. The standard InChI is InChI=1S/C11H20N2O/c1-7(2)6-10-9(5)11(14)13(12-10)8(3)4/h7-8,12H,6H2,1-5H3. The Hall–Kier alpha value is -0.990. The van der Waals surface area contributed by atoms with Gasteiger partial charge >= 0.3 is 0 Å². The van der Waals surface area contributed by atoms with Gasteiger partial charge in [-0.2, -0.15) is 0 Å². The fourth-order valence-corrected chi connectivity index (χ4v) is 1.56. The van der Waals surface area contributed by atoms with Crippen LogP contribution in [0.15, 0.2) is 4.79 Å². The molecule has 0 bridgehead atoms. The van der Waals surface area contributed by atoms with Crippen molar-refractivity contribution < 1.29 is 0 Å². The Labute approximate surface area is 85.1 Å². The number of H-pyrrole nitrogens is 1. The fourth-order valence-electron chi connectivity index (χ4n) is 1.56. The second kappa shape index (κ2) is 4.03. The van der Waals surface area contributed by atoms with Crippen LogP contribution in [0.1, 0.15) is 45.0 Å². The van der Waals surface area contributed by atoms with Crippen LogP contribution in [0.2, 0.25) is 0 Å². The lowest BCUT2D eigenvalue weighted by Crippen LogP contribution is -2.19. The zero-order chi connectivity index (χ0) is 10.9. The molecule has 1 heterocycles. The van der Waals surface area contributed by atoms with Crippen molar-refractivity contribution in [1.82, 2.24) is 9.78 Å². The van der Waals surface area contributed by atoms with E-state index in [4.69, 9.17) is 0 Å². The van der Waals surface area contributed by atoms with Crippen LogP contribution in [-0.4, -0.2) is 9.78 Å². The number of hydrogen-bond acceptors (Lipinski definition) is 1. The van der Waals surface area contributed by atoms with Crippen molar-refractivity contribution in [2.75, 3.05) is 0 Å². The van der Waals surface area contributed by atoms with E-state index in [0.717, 1.165) is 17.7 Å². The lowest BCUT2D eigenvalue weighted by Gasteiger charge is -2.05. The molecule has 0 atom stereocenters. The first kappa shape index (κ1) is 11.1. The summed E-state index contributed by atoms with van der Waals surface area (Å²) in [4.78, 5) is 11.7. The van der Waals surface area contributed by atoms with Crippen LogP contribution >= 0.6 is 0 Å². The first-order valence-corrected chi connectivity index (χ1v) is 5.23.